The van der Waals surface area contributed by atoms with E-state index in [0.717, 1.165) is 11.5 Å². The summed E-state index contributed by atoms with van der Waals surface area (Å²) in [5.41, 5.74) is 1.19. The first kappa shape index (κ1) is 14.5. The Morgan fingerprint density at radius 2 is 2.17 bits per heavy atom. The smallest absolute Gasteiger partial charge is 0.333 e. The van der Waals surface area contributed by atoms with Crippen LogP contribution < -0.4 is 0 Å². The lowest BCUT2D eigenvalue weighted by molar-refractivity contribution is -0.144. The molecule has 1 N–H and O–H groups in total. The summed E-state index contributed by atoms with van der Waals surface area (Å²) in [6, 6.07) is 0. The number of ether oxygens (including phenoxy) is 1. The summed E-state index contributed by atoms with van der Waals surface area (Å²) in [4.78, 5) is 19.1. The summed E-state index contributed by atoms with van der Waals surface area (Å²) < 4.78 is 5.36. The first-order valence-corrected chi connectivity index (χ1v) is 6.17. The lowest BCUT2D eigenvalue weighted by atomic mass is 9.96. The number of rotatable bonds is 4. The summed E-state index contributed by atoms with van der Waals surface area (Å²) in [6.07, 6.45) is 2.14. The van der Waals surface area contributed by atoms with Crippen LogP contribution >= 0.6 is 0 Å². The second-order valence-corrected chi connectivity index (χ2v) is 5.52. The lowest BCUT2D eigenvalue weighted by Crippen LogP contribution is -2.15. The number of aromatic amines is 1. The van der Waals surface area contributed by atoms with Crippen LogP contribution in [0.2, 0.25) is 0 Å². The van der Waals surface area contributed by atoms with Crippen LogP contribution in [-0.4, -0.2) is 15.9 Å². The maximum atomic E-state index is 11.5. The van der Waals surface area contributed by atoms with Crippen LogP contribution in [-0.2, 0) is 14.9 Å². The van der Waals surface area contributed by atoms with E-state index in [1.54, 1.807) is 13.1 Å². The van der Waals surface area contributed by atoms with Gasteiger partial charge in [-0.2, -0.15) is 0 Å². The Kier molecular flexibility index (Phi) is 4.33. The van der Waals surface area contributed by atoms with Gasteiger partial charge >= 0.3 is 5.97 Å². The molecule has 0 aliphatic rings. The fraction of sp³-hybridized carbons (Fsp3) is 0.571. The van der Waals surface area contributed by atoms with Crippen molar-refractivity contribution in [2.75, 3.05) is 0 Å². The van der Waals surface area contributed by atoms with Gasteiger partial charge < -0.3 is 9.72 Å². The Morgan fingerprint density at radius 3 is 2.56 bits per heavy atom. The van der Waals surface area contributed by atoms with Crippen molar-refractivity contribution in [3.05, 3.63) is 29.9 Å². The van der Waals surface area contributed by atoms with Crippen LogP contribution in [0.4, 0.5) is 0 Å². The predicted molar refractivity (Wildman–Crippen MR) is 71.2 cm³/mol. The standard InChI is InChI=1S/C14H22N2O2/c1-7-11(18-12(17)9(2)3)10-8-15-13(16-10)14(4,5)6/h8,11H,2,7H2,1,3-6H3,(H,15,16). The Balaban J connectivity index is 2.86. The van der Waals surface area contributed by atoms with Gasteiger partial charge in [0.25, 0.3) is 0 Å². The van der Waals surface area contributed by atoms with Crippen LogP contribution in [0, 0.1) is 0 Å². The van der Waals surface area contributed by atoms with E-state index < -0.39 is 0 Å². The number of aromatic nitrogens is 2. The van der Waals surface area contributed by atoms with Crippen LogP contribution in [0.5, 0.6) is 0 Å². The number of hydrogen-bond acceptors (Lipinski definition) is 3. The molecule has 4 heteroatoms. The highest BCUT2D eigenvalue weighted by Gasteiger charge is 2.22. The second kappa shape index (κ2) is 5.38. The zero-order valence-corrected chi connectivity index (χ0v) is 11.8. The molecule has 4 nitrogen and oxygen atoms in total. The summed E-state index contributed by atoms with van der Waals surface area (Å²) >= 11 is 0. The number of hydrogen-bond donors (Lipinski definition) is 1. The average Bonchev–Trinajstić information content (AvgIpc) is 2.73. The third-order valence-electron chi connectivity index (χ3n) is 2.62. The molecule has 1 aromatic rings. The molecular formula is C14H22N2O2. The van der Waals surface area contributed by atoms with E-state index in [9.17, 15) is 4.79 Å². The third-order valence-corrected chi connectivity index (χ3v) is 2.62. The van der Waals surface area contributed by atoms with Crippen LogP contribution in [0.1, 0.15) is 58.7 Å². The normalized spacial score (nSPS) is 13.2. The lowest BCUT2D eigenvalue weighted by Gasteiger charge is -2.16. The van der Waals surface area contributed by atoms with Gasteiger partial charge in [-0.25, -0.2) is 9.78 Å². The van der Waals surface area contributed by atoms with Crippen molar-refractivity contribution in [3.8, 4) is 0 Å². The van der Waals surface area contributed by atoms with E-state index in [0.29, 0.717) is 12.0 Å². The molecule has 0 saturated heterocycles. The Labute approximate surface area is 108 Å². The molecular weight excluding hydrogens is 228 g/mol. The van der Waals surface area contributed by atoms with E-state index in [1.807, 2.05) is 6.92 Å². The summed E-state index contributed by atoms with van der Waals surface area (Å²) in [6.45, 7) is 13.4. The Morgan fingerprint density at radius 1 is 1.56 bits per heavy atom. The van der Waals surface area contributed by atoms with Gasteiger partial charge in [-0.3, -0.25) is 0 Å². The predicted octanol–water partition coefficient (Wildman–Crippen LogP) is 3.28. The molecule has 0 radical (unpaired) electrons. The van der Waals surface area contributed by atoms with E-state index >= 15 is 0 Å². The largest absolute Gasteiger partial charge is 0.453 e. The summed E-state index contributed by atoms with van der Waals surface area (Å²) in [5, 5.41) is 0. The molecule has 1 aromatic heterocycles. The minimum atomic E-state index is -0.367. The summed E-state index contributed by atoms with van der Waals surface area (Å²) in [5.74, 6) is 0.524. The Hall–Kier alpha value is -1.58. The van der Waals surface area contributed by atoms with E-state index in [-0.39, 0.29) is 17.5 Å². The topological polar surface area (TPSA) is 55.0 Å². The number of H-pyrrole nitrogens is 1. The molecule has 1 heterocycles. The Bertz CT molecular complexity index is 441. The molecule has 1 atom stereocenters. The monoisotopic (exact) mass is 250 g/mol. The van der Waals surface area contributed by atoms with Crippen LogP contribution in [0.25, 0.3) is 0 Å². The van der Waals surface area contributed by atoms with E-state index in [4.69, 9.17) is 4.74 Å². The third kappa shape index (κ3) is 3.45. The van der Waals surface area contributed by atoms with E-state index in [2.05, 4.69) is 37.3 Å². The van der Waals surface area contributed by atoms with Crippen LogP contribution in [0.15, 0.2) is 18.3 Å². The molecule has 0 aliphatic carbocycles. The molecule has 100 valence electrons. The number of nitrogens with zero attached hydrogens (tertiary/aromatic N) is 1. The van der Waals surface area contributed by atoms with Crippen molar-refractivity contribution in [2.24, 2.45) is 0 Å². The number of carbonyl (C=O) groups is 1. The van der Waals surface area contributed by atoms with Gasteiger partial charge in [0.15, 0.2) is 0 Å². The summed E-state index contributed by atoms with van der Waals surface area (Å²) in [7, 11) is 0. The first-order chi connectivity index (χ1) is 8.25. The maximum Gasteiger partial charge on any atom is 0.333 e. The molecule has 0 aliphatic heterocycles. The number of esters is 1. The second-order valence-electron chi connectivity index (χ2n) is 5.52. The highest BCUT2D eigenvalue weighted by Crippen LogP contribution is 2.24. The minimum absolute atomic E-state index is 0.0467. The van der Waals surface area contributed by atoms with E-state index in [1.165, 1.54) is 0 Å². The highest BCUT2D eigenvalue weighted by molar-refractivity contribution is 5.87. The SMILES string of the molecule is C=C(C)C(=O)OC(CC)c1cnc(C(C)(C)C)[nH]1. The molecule has 0 fully saturated rings. The van der Waals surface area contributed by atoms with Crippen molar-refractivity contribution in [3.63, 3.8) is 0 Å². The van der Waals surface area contributed by atoms with Crippen molar-refractivity contribution in [1.29, 1.82) is 0 Å². The molecule has 0 saturated carbocycles. The van der Waals surface area contributed by atoms with Crippen molar-refractivity contribution >= 4 is 5.97 Å². The zero-order chi connectivity index (χ0) is 13.9. The fourth-order valence-corrected chi connectivity index (χ4v) is 1.48. The van der Waals surface area contributed by atoms with Crippen LogP contribution in [0.3, 0.4) is 0 Å². The van der Waals surface area contributed by atoms with Gasteiger partial charge in [0.2, 0.25) is 0 Å². The number of nitrogens with one attached hydrogen (secondary N) is 1. The van der Waals surface area contributed by atoms with Crippen molar-refractivity contribution in [1.82, 2.24) is 9.97 Å². The van der Waals surface area contributed by atoms with Crippen molar-refractivity contribution < 1.29 is 9.53 Å². The van der Waals surface area contributed by atoms with Gasteiger partial charge in [0.05, 0.1) is 11.9 Å². The number of imidazole rings is 1. The van der Waals surface area contributed by atoms with Gasteiger partial charge in [-0.1, -0.05) is 34.3 Å². The minimum Gasteiger partial charge on any atom is -0.453 e. The molecule has 0 aromatic carbocycles. The molecule has 0 amide bonds. The van der Waals surface area contributed by atoms with Gasteiger partial charge in [-0.05, 0) is 13.3 Å². The maximum absolute atomic E-state index is 11.5. The molecule has 1 rings (SSSR count). The zero-order valence-electron chi connectivity index (χ0n) is 11.8. The quantitative estimate of drug-likeness (QED) is 0.659. The average molecular weight is 250 g/mol. The van der Waals surface area contributed by atoms with Crippen molar-refractivity contribution in [2.45, 2.75) is 52.6 Å². The molecule has 0 spiro atoms. The molecule has 0 bridgehead atoms. The molecule has 18 heavy (non-hydrogen) atoms. The number of carbonyl (C=O) groups excluding carboxylic acids is 1. The molecule has 1 unspecified atom stereocenters. The fourth-order valence-electron chi connectivity index (χ4n) is 1.48. The highest BCUT2D eigenvalue weighted by atomic mass is 16.5. The van der Waals surface area contributed by atoms with Gasteiger partial charge in [-0.15, -0.1) is 0 Å². The first-order valence-electron chi connectivity index (χ1n) is 6.17. The van der Waals surface area contributed by atoms with Gasteiger partial charge in [0, 0.05) is 11.0 Å². The van der Waals surface area contributed by atoms with Gasteiger partial charge in [0.1, 0.15) is 11.9 Å².